The van der Waals surface area contributed by atoms with Crippen molar-refractivity contribution in [2.24, 2.45) is 0 Å². The summed E-state index contributed by atoms with van der Waals surface area (Å²) in [6.45, 7) is 1.51. The summed E-state index contributed by atoms with van der Waals surface area (Å²) in [5.74, 6) is -0.974. The largest absolute Gasteiger partial charge is 0.459 e. The first kappa shape index (κ1) is 17.5. The van der Waals surface area contributed by atoms with Crippen LogP contribution >= 0.6 is 11.6 Å². The van der Waals surface area contributed by atoms with Crippen LogP contribution in [-0.2, 0) is 16.1 Å². The molecule has 0 fully saturated rings. The molecule has 0 aliphatic carbocycles. The molecule has 1 atom stereocenters. The third-order valence-electron chi connectivity index (χ3n) is 3.32. The Balaban J connectivity index is 1.91. The van der Waals surface area contributed by atoms with Gasteiger partial charge in [0.05, 0.1) is 11.6 Å². The molecule has 0 saturated heterocycles. The van der Waals surface area contributed by atoms with Gasteiger partial charge in [0.25, 0.3) is 5.91 Å². The van der Waals surface area contributed by atoms with E-state index in [-0.39, 0.29) is 6.61 Å². The molecule has 2 rings (SSSR count). The number of nitrogens with one attached hydrogen (secondary N) is 1. The van der Waals surface area contributed by atoms with Gasteiger partial charge in [-0.2, -0.15) is 5.26 Å². The van der Waals surface area contributed by atoms with E-state index in [9.17, 15) is 9.59 Å². The van der Waals surface area contributed by atoms with Gasteiger partial charge < -0.3 is 10.1 Å². The van der Waals surface area contributed by atoms with Crippen LogP contribution in [0.5, 0.6) is 0 Å². The first-order valence-electron chi connectivity index (χ1n) is 7.22. The number of halogens is 1. The Morgan fingerprint density at radius 3 is 2.54 bits per heavy atom. The molecule has 6 heteroatoms. The van der Waals surface area contributed by atoms with Crippen LogP contribution in [0.3, 0.4) is 0 Å². The Morgan fingerprint density at radius 1 is 1.21 bits per heavy atom. The van der Waals surface area contributed by atoms with Gasteiger partial charge in [-0.1, -0.05) is 29.8 Å². The second kappa shape index (κ2) is 8.14. The summed E-state index contributed by atoms with van der Waals surface area (Å²) in [4.78, 5) is 24.0. The second-order valence-electron chi connectivity index (χ2n) is 5.08. The van der Waals surface area contributed by atoms with Crippen molar-refractivity contribution in [3.05, 3.63) is 70.2 Å². The molecular formula is C18H15ClN2O3. The minimum absolute atomic E-state index is 0.0241. The van der Waals surface area contributed by atoms with Crippen LogP contribution in [0, 0.1) is 11.3 Å². The van der Waals surface area contributed by atoms with Crippen LogP contribution < -0.4 is 5.32 Å². The first-order chi connectivity index (χ1) is 11.5. The average Bonchev–Trinajstić information content (AvgIpc) is 2.60. The Bertz CT molecular complexity index is 782. The molecule has 2 aromatic carbocycles. The van der Waals surface area contributed by atoms with E-state index in [1.54, 1.807) is 48.5 Å². The van der Waals surface area contributed by atoms with E-state index < -0.39 is 17.9 Å². The molecule has 0 spiro atoms. The number of amides is 1. The van der Waals surface area contributed by atoms with Gasteiger partial charge in [0.1, 0.15) is 12.6 Å². The van der Waals surface area contributed by atoms with E-state index in [0.717, 1.165) is 0 Å². The molecule has 0 heterocycles. The summed E-state index contributed by atoms with van der Waals surface area (Å²) >= 11 is 5.77. The smallest absolute Gasteiger partial charge is 0.328 e. The standard InChI is InChI=1S/C18H15ClN2O3/c1-12(21-17(22)13-6-8-16(19)9-7-13)18(23)24-11-15-5-3-2-4-14(15)10-20/h2-9,12H,11H2,1H3,(H,21,22)/t12-/m0/s1. The number of hydrogen-bond acceptors (Lipinski definition) is 4. The number of esters is 1. The Kier molecular flexibility index (Phi) is 5.94. The molecule has 0 unspecified atom stereocenters. The molecule has 122 valence electrons. The minimum atomic E-state index is -0.817. The fourth-order valence-corrected chi connectivity index (χ4v) is 2.10. The van der Waals surface area contributed by atoms with E-state index in [2.05, 4.69) is 5.32 Å². The Hall–Kier alpha value is -2.84. The van der Waals surface area contributed by atoms with Crippen LogP contribution in [0.1, 0.15) is 28.4 Å². The summed E-state index contributed by atoms with van der Waals surface area (Å²) in [6, 6.07) is 14.4. The van der Waals surface area contributed by atoms with Gasteiger partial charge in [0, 0.05) is 16.1 Å². The molecule has 0 aromatic heterocycles. The van der Waals surface area contributed by atoms with Crippen molar-refractivity contribution < 1.29 is 14.3 Å². The summed E-state index contributed by atoms with van der Waals surface area (Å²) in [5.41, 5.74) is 1.46. The molecule has 1 amide bonds. The minimum Gasteiger partial charge on any atom is -0.459 e. The highest BCUT2D eigenvalue weighted by Gasteiger charge is 2.18. The van der Waals surface area contributed by atoms with Gasteiger partial charge in [-0.15, -0.1) is 0 Å². The number of nitriles is 1. The van der Waals surface area contributed by atoms with Gasteiger partial charge >= 0.3 is 5.97 Å². The van der Waals surface area contributed by atoms with Gasteiger partial charge in [-0.25, -0.2) is 4.79 Å². The molecule has 0 saturated carbocycles. The molecule has 0 aliphatic rings. The fraction of sp³-hybridized carbons (Fsp3) is 0.167. The maximum absolute atomic E-state index is 12.0. The van der Waals surface area contributed by atoms with Gasteiger partial charge in [0.15, 0.2) is 0 Å². The van der Waals surface area contributed by atoms with Crippen molar-refractivity contribution in [2.75, 3.05) is 0 Å². The zero-order chi connectivity index (χ0) is 17.5. The lowest BCUT2D eigenvalue weighted by molar-refractivity contribution is -0.146. The second-order valence-corrected chi connectivity index (χ2v) is 5.52. The summed E-state index contributed by atoms with van der Waals surface area (Å²) in [7, 11) is 0. The van der Waals surface area contributed by atoms with Crippen LogP contribution in [-0.4, -0.2) is 17.9 Å². The highest BCUT2D eigenvalue weighted by molar-refractivity contribution is 6.30. The van der Waals surface area contributed by atoms with Crippen molar-refractivity contribution in [1.82, 2.24) is 5.32 Å². The lowest BCUT2D eigenvalue weighted by Gasteiger charge is -2.14. The lowest BCUT2D eigenvalue weighted by atomic mass is 10.1. The van der Waals surface area contributed by atoms with Crippen molar-refractivity contribution in [1.29, 1.82) is 5.26 Å². The van der Waals surface area contributed by atoms with E-state index in [1.165, 1.54) is 6.92 Å². The molecule has 0 bridgehead atoms. The summed E-state index contributed by atoms with van der Waals surface area (Å²) < 4.78 is 5.16. The van der Waals surface area contributed by atoms with Crippen molar-refractivity contribution >= 4 is 23.5 Å². The van der Waals surface area contributed by atoms with Crippen LogP contribution in [0.2, 0.25) is 5.02 Å². The van der Waals surface area contributed by atoms with Crippen molar-refractivity contribution in [3.8, 4) is 6.07 Å². The van der Waals surface area contributed by atoms with Crippen molar-refractivity contribution in [3.63, 3.8) is 0 Å². The number of benzene rings is 2. The molecule has 5 nitrogen and oxygen atoms in total. The molecule has 0 radical (unpaired) electrons. The Morgan fingerprint density at radius 2 is 1.88 bits per heavy atom. The zero-order valence-electron chi connectivity index (χ0n) is 13.0. The third-order valence-corrected chi connectivity index (χ3v) is 3.57. The quantitative estimate of drug-likeness (QED) is 0.847. The van der Waals surface area contributed by atoms with E-state index in [4.69, 9.17) is 21.6 Å². The number of carbonyl (C=O) groups is 2. The Labute approximate surface area is 144 Å². The number of carbonyl (C=O) groups excluding carboxylic acids is 2. The topological polar surface area (TPSA) is 79.2 Å². The molecule has 2 aromatic rings. The number of rotatable bonds is 5. The predicted molar refractivity (Wildman–Crippen MR) is 89.3 cm³/mol. The lowest BCUT2D eigenvalue weighted by Crippen LogP contribution is -2.39. The van der Waals surface area contributed by atoms with Crippen molar-refractivity contribution in [2.45, 2.75) is 19.6 Å². The molecule has 1 N–H and O–H groups in total. The van der Waals surface area contributed by atoms with Gasteiger partial charge in [0.2, 0.25) is 0 Å². The van der Waals surface area contributed by atoms with Crippen LogP contribution in [0.25, 0.3) is 0 Å². The van der Waals surface area contributed by atoms with Gasteiger partial charge in [-0.3, -0.25) is 4.79 Å². The number of nitrogens with zero attached hydrogens (tertiary/aromatic N) is 1. The van der Waals surface area contributed by atoms with Crippen LogP contribution in [0.15, 0.2) is 48.5 Å². The van der Waals surface area contributed by atoms with Crippen LogP contribution in [0.4, 0.5) is 0 Å². The van der Waals surface area contributed by atoms with E-state index in [1.807, 2.05) is 6.07 Å². The van der Waals surface area contributed by atoms with E-state index in [0.29, 0.717) is 21.7 Å². The predicted octanol–water partition coefficient (Wildman–Crippen LogP) is 3.07. The average molecular weight is 343 g/mol. The monoisotopic (exact) mass is 342 g/mol. The number of hydrogen-bond donors (Lipinski definition) is 1. The molecular weight excluding hydrogens is 328 g/mol. The first-order valence-corrected chi connectivity index (χ1v) is 7.60. The van der Waals surface area contributed by atoms with E-state index >= 15 is 0 Å². The zero-order valence-corrected chi connectivity index (χ0v) is 13.7. The highest BCUT2D eigenvalue weighted by Crippen LogP contribution is 2.11. The highest BCUT2D eigenvalue weighted by atomic mass is 35.5. The SMILES string of the molecule is C[C@H](NC(=O)c1ccc(Cl)cc1)C(=O)OCc1ccccc1C#N. The molecule has 24 heavy (non-hydrogen) atoms. The normalized spacial score (nSPS) is 11.2. The van der Waals surface area contributed by atoms with Gasteiger partial charge in [-0.05, 0) is 37.3 Å². The maximum Gasteiger partial charge on any atom is 0.328 e. The maximum atomic E-state index is 12.0. The fourth-order valence-electron chi connectivity index (χ4n) is 1.97. The third kappa shape index (κ3) is 4.58. The number of ether oxygens (including phenoxy) is 1. The summed E-state index contributed by atoms with van der Waals surface area (Å²) in [5, 5.41) is 12.1. The summed E-state index contributed by atoms with van der Waals surface area (Å²) in [6.07, 6.45) is 0. The molecule has 0 aliphatic heterocycles.